The number of hydrogen-bond acceptors (Lipinski definition) is 6. The maximum Gasteiger partial charge on any atom is 0.416 e. The van der Waals surface area contributed by atoms with Crippen LogP contribution in [0, 0.1) is 5.92 Å². The summed E-state index contributed by atoms with van der Waals surface area (Å²) in [6.45, 7) is -0.187. The molecule has 1 aliphatic carbocycles. The molecule has 10 heteroatoms. The average Bonchev–Trinajstić information content (AvgIpc) is 2.99. The quantitative estimate of drug-likeness (QED) is 0.319. The molecule has 0 radical (unpaired) electrons. The highest BCUT2D eigenvalue weighted by Gasteiger charge is 2.41. The van der Waals surface area contributed by atoms with Crippen molar-refractivity contribution in [2.45, 2.75) is 74.7 Å². The van der Waals surface area contributed by atoms with Gasteiger partial charge in [-0.05, 0) is 37.0 Å². The maximum absolute atomic E-state index is 12.8. The summed E-state index contributed by atoms with van der Waals surface area (Å²) in [5.41, 5.74) is -0.826. The number of unbranched alkanes of at least 4 members (excludes halogenated alkanes) is 3. The Morgan fingerprint density at radius 2 is 1.88 bits per heavy atom. The second-order valence-electron chi connectivity index (χ2n) is 8.17. The van der Waals surface area contributed by atoms with Crippen LogP contribution >= 0.6 is 11.8 Å². The van der Waals surface area contributed by atoms with Crippen molar-refractivity contribution in [3.63, 3.8) is 0 Å². The third kappa shape index (κ3) is 8.80. The van der Waals surface area contributed by atoms with Gasteiger partial charge < -0.3 is 25.2 Å². The number of aliphatic hydroxyl groups excluding tert-OH is 3. The zero-order chi connectivity index (χ0) is 23.7. The number of hydrogen-bond donors (Lipinski definition) is 4. The van der Waals surface area contributed by atoms with Gasteiger partial charge in [-0.2, -0.15) is 24.9 Å². The van der Waals surface area contributed by atoms with Gasteiger partial charge in [0, 0.05) is 23.8 Å². The third-order valence-corrected chi connectivity index (χ3v) is 7.17. The zero-order valence-corrected chi connectivity index (χ0v) is 18.5. The van der Waals surface area contributed by atoms with Gasteiger partial charge in [0.15, 0.2) is 0 Å². The van der Waals surface area contributed by atoms with Crippen molar-refractivity contribution < 1.29 is 43.1 Å². The molecule has 5 atom stereocenters. The molecule has 3 unspecified atom stereocenters. The maximum atomic E-state index is 12.8. The molecule has 182 valence electrons. The van der Waals surface area contributed by atoms with Crippen molar-refractivity contribution in [2.75, 3.05) is 12.4 Å². The molecule has 0 amide bonds. The highest BCUT2D eigenvalue weighted by Crippen LogP contribution is 2.39. The monoisotopic (exact) mass is 480 g/mol. The Morgan fingerprint density at radius 3 is 2.56 bits per heavy atom. The summed E-state index contributed by atoms with van der Waals surface area (Å²) >= 11 is 1.33. The summed E-state index contributed by atoms with van der Waals surface area (Å²) in [5.74, 6) is -0.721. The Balaban J connectivity index is 1.75. The molecule has 0 bridgehead atoms. The topological polar surface area (TPSA) is 107 Å². The molecule has 0 heterocycles. The second-order valence-corrected chi connectivity index (χ2v) is 9.38. The van der Waals surface area contributed by atoms with Gasteiger partial charge >= 0.3 is 12.1 Å². The highest BCUT2D eigenvalue weighted by atomic mass is 32.2. The van der Waals surface area contributed by atoms with Crippen LogP contribution in [0.5, 0.6) is 5.75 Å². The number of thioether (sulfide) groups is 1. The van der Waals surface area contributed by atoms with Crippen LogP contribution in [0.25, 0.3) is 0 Å². The molecule has 0 aliphatic heterocycles. The standard InChI is InChI=1S/C22H31F3O6S/c23-22(24,25)14-6-5-7-16(10-14)31-12-15(26)13-32-21-17(18(27)11-19(21)28)8-3-1-2-4-9-20(29)30/h5-7,10,15,17-19,21,26-28H,1-4,8-9,11-13H2,(H,29,30)/t15?,17-,18?,19?,21+/m0/s1. The minimum atomic E-state index is -4.47. The number of alkyl halides is 3. The molecule has 32 heavy (non-hydrogen) atoms. The molecule has 4 N–H and O–H groups in total. The number of aliphatic carboxylic acids is 1. The largest absolute Gasteiger partial charge is 0.491 e. The van der Waals surface area contributed by atoms with Crippen LogP contribution in [-0.2, 0) is 11.0 Å². The predicted molar refractivity (Wildman–Crippen MR) is 115 cm³/mol. The number of carboxylic acids is 1. The molecule has 2 rings (SSSR count). The first kappa shape index (κ1) is 26.8. The van der Waals surface area contributed by atoms with E-state index in [0.29, 0.717) is 12.8 Å². The third-order valence-electron chi connectivity index (χ3n) is 5.54. The Bertz CT molecular complexity index is 717. The average molecular weight is 481 g/mol. The minimum absolute atomic E-state index is 0.0148. The van der Waals surface area contributed by atoms with Gasteiger partial charge in [-0.1, -0.05) is 25.3 Å². The van der Waals surface area contributed by atoms with E-state index in [-0.39, 0.29) is 42.1 Å². The van der Waals surface area contributed by atoms with E-state index >= 15 is 0 Å². The van der Waals surface area contributed by atoms with Gasteiger partial charge in [-0.3, -0.25) is 4.79 Å². The van der Waals surface area contributed by atoms with Gasteiger partial charge in [-0.25, -0.2) is 0 Å². The molecule has 1 saturated carbocycles. The first-order valence-electron chi connectivity index (χ1n) is 10.8. The SMILES string of the molecule is O=C(O)CCCCCC[C@H]1C(O)CC(O)[C@@H]1SCC(O)COc1cccc(C(F)(F)F)c1. The summed E-state index contributed by atoms with van der Waals surface area (Å²) in [4.78, 5) is 10.5. The zero-order valence-electron chi connectivity index (χ0n) is 17.7. The van der Waals surface area contributed by atoms with Crippen molar-refractivity contribution in [2.24, 2.45) is 5.92 Å². The fourth-order valence-corrected chi connectivity index (χ4v) is 5.33. The summed E-state index contributed by atoms with van der Waals surface area (Å²) in [6, 6.07) is 4.45. The Kier molecular flexibility index (Phi) is 10.6. The van der Waals surface area contributed by atoms with E-state index in [1.165, 1.54) is 23.9 Å². The molecule has 1 aliphatic rings. The lowest BCUT2D eigenvalue weighted by atomic mass is 9.97. The van der Waals surface area contributed by atoms with E-state index in [2.05, 4.69) is 0 Å². The van der Waals surface area contributed by atoms with Gasteiger partial charge in [0.25, 0.3) is 0 Å². The molecular weight excluding hydrogens is 449 g/mol. The van der Waals surface area contributed by atoms with Crippen LogP contribution in [0.1, 0.15) is 50.5 Å². The molecule has 6 nitrogen and oxygen atoms in total. The van der Waals surface area contributed by atoms with Crippen LogP contribution in [0.4, 0.5) is 13.2 Å². The van der Waals surface area contributed by atoms with Gasteiger partial charge in [0.05, 0.1) is 23.9 Å². The summed E-state index contributed by atoms with van der Waals surface area (Å²) in [6.07, 6.45) is -2.60. The molecule has 1 aromatic carbocycles. The Hall–Kier alpha value is -1.49. The van der Waals surface area contributed by atoms with Crippen LogP contribution in [0.15, 0.2) is 24.3 Å². The minimum Gasteiger partial charge on any atom is -0.491 e. The Labute approximate surface area is 189 Å². The molecular formula is C22H31F3O6S. The fraction of sp³-hybridized carbons (Fsp3) is 0.682. The van der Waals surface area contributed by atoms with Crippen molar-refractivity contribution in [1.29, 1.82) is 0 Å². The van der Waals surface area contributed by atoms with Crippen LogP contribution in [0.2, 0.25) is 0 Å². The van der Waals surface area contributed by atoms with Crippen molar-refractivity contribution >= 4 is 17.7 Å². The lowest BCUT2D eigenvalue weighted by molar-refractivity contribution is -0.138. The number of carbonyl (C=O) groups is 1. The number of halogens is 3. The van der Waals surface area contributed by atoms with E-state index in [4.69, 9.17) is 9.84 Å². The smallest absolute Gasteiger partial charge is 0.416 e. The van der Waals surface area contributed by atoms with E-state index in [9.17, 15) is 33.3 Å². The molecule has 0 aromatic heterocycles. The molecule has 1 fully saturated rings. The normalized spacial score (nSPS) is 24.4. The van der Waals surface area contributed by atoms with Crippen LogP contribution in [-0.4, -0.2) is 62.3 Å². The number of benzene rings is 1. The highest BCUT2D eigenvalue weighted by molar-refractivity contribution is 8.00. The van der Waals surface area contributed by atoms with Gasteiger partial charge in [0.2, 0.25) is 0 Å². The summed E-state index contributed by atoms with van der Waals surface area (Å²) < 4.78 is 43.6. The first-order chi connectivity index (χ1) is 15.1. The fourth-order valence-electron chi connectivity index (χ4n) is 3.89. The lowest BCUT2D eigenvalue weighted by Crippen LogP contribution is -2.28. The van der Waals surface area contributed by atoms with Crippen molar-refractivity contribution in [1.82, 2.24) is 0 Å². The number of ether oxygens (including phenoxy) is 1. The molecule has 1 aromatic rings. The lowest BCUT2D eigenvalue weighted by Gasteiger charge is -2.24. The molecule has 0 spiro atoms. The second kappa shape index (κ2) is 12.7. The number of aliphatic hydroxyl groups is 3. The summed E-state index contributed by atoms with van der Waals surface area (Å²) in [7, 11) is 0. The van der Waals surface area contributed by atoms with E-state index < -0.39 is 36.0 Å². The van der Waals surface area contributed by atoms with E-state index in [1.807, 2.05) is 0 Å². The van der Waals surface area contributed by atoms with E-state index in [1.54, 1.807) is 0 Å². The van der Waals surface area contributed by atoms with Crippen molar-refractivity contribution in [3.8, 4) is 5.75 Å². The van der Waals surface area contributed by atoms with Crippen molar-refractivity contribution in [3.05, 3.63) is 29.8 Å². The molecule has 0 saturated heterocycles. The number of carboxylic acid groups (broad SMARTS) is 1. The van der Waals surface area contributed by atoms with Gasteiger partial charge in [-0.15, -0.1) is 0 Å². The Morgan fingerprint density at radius 1 is 1.16 bits per heavy atom. The van der Waals surface area contributed by atoms with E-state index in [0.717, 1.165) is 31.4 Å². The predicted octanol–water partition coefficient (Wildman–Crippen LogP) is 3.71. The van der Waals surface area contributed by atoms with Crippen LogP contribution in [0.3, 0.4) is 0 Å². The van der Waals surface area contributed by atoms with Crippen LogP contribution < -0.4 is 4.74 Å². The number of rotatable bonds is 13. The van der Waals surface area contributed by atoms with Gasteiger partial charge in [0.1, 0.15) is 12.4 Å². The summed E-state index contributed by atoms with van der Waals surface area (Å²) in [5, 5.41) is 39.2. The first-order valence-corrected chi connectivity index (χ1v) is 11.8.